The highest BCUT2D eigenvalue weighted by Gasteiger charge is 2.28. The van der Waals surface area contributed by atoms with Crippen LogP contribution in [0.25, 0.3) is 0 Å². The van der Waals surface area contributed by atoms with Crippen LogP contribution in [0.3, 0.4) is 0 Å². The lowest BCUT2D eigenvalue weighted by atomic mass is 10.1. The van der Waals surface area contributed by atoms with E-state index < -0.39 is 22.5 Å². The molecule has 0 bridgehead atoms. The van der Waals surface area contributed by atoms with E-state index in [9.17, 15) is 13.2 Å². The van der Waals surface area contributed by atoms with E-state index in [0.29, 0.717) is 16.3 Å². The molecule has 3 aromatic carbocycles. The van der Waals surface area contributed by atoms with Gasteiger partial charge in [0.2, 0.25) is 15.9 Å². The van der Waals surface area contributed by atoms with Gasteiger partial charge in [0.15, 0.2) is 0 Å². The summed E-state index contributed by atoms with van der Waals surface area (Å²) in [5.41, 5.74) is 3.13. The van der Waals surface area contributed by atoms with Crippen molar-refractivity contribution in [3.8, 4) is 0 Å². The summed E-state index contributed by atoms with van der Waals surface area (Å²) in [5.74, 6) is -0.481. The van der Waals surface area contributed by atoms with Crippen molar-refractivity contribution in [1.82, 2.24) is 4.31 Å². The molecule has 0 saturated carbocycles. The number of hydrogen-bond acceptors (Lipinski definition) is 3. The summed E-state index contributed by atoms with van der Waals surface area (Å²) in [5, 5.41) is 3.51. The zero-order chi connectivity index (χ0) is 23.5. The molecular weight excluding hydrogens is 491 g/mol. The molecular formula is C23H21Cl3N2O3S. The molecule has 0 aromatic heterocycles. The van der Waals surface area contributed by atoms with E-state index in [1.165, 1.54) is 18.2 Å². The van der Waals surface area contributed by atoms with Gasteiger partial charge in [-0.05, 0) is 66.9 Å². The number of nitrogens with one attached hydrogen (secondary N) is 1. The van der Waals surface area contributed by atoms with Crippen LogP contribution >= 0.6 is 34.8 Å². The van der Waals surface area contributed by atoms with Gasteiger partial charge in [-0.15, -0.1) is 0 Å². The number of rotatable bonds is 7. The van der Waals surface area contributed by atoms with E-state index in [0.717, 1.165) is 15.4 Å². The number of aryl methyl sites for hydroxylation is 2. The zero-order valence-electron chi connectivity index (χ0n) is 17.4. The average Bonchev–Trinajstić information content (AvgIpc) is 2.70. The predicted molar refractivity (Wildman–Crippen MR) is 130 cm³/mol. The van der Waals surface area contributed by atoms with Gasteiger partial charge in [0.1, 0.15) is 0 Å². The maximum absolute atomic E-state index is 13.4. The first kappa shape index (κ1) is 24.6. The van der Waals surface area contributed by atoms with Crippen LogP contribution in [0.1, 0.15) is 16.7 Å². The fourth-order valence-corrected chi connectivity index (χ4v) is 5.20. The van der Waals surface area contributed by atoms with Gasteiger partial charge in [-0.2, -0.15) is 4.31 Å². The van der Waals surface area contributed by atoms with E-state index in [2.05, 4.69) is 5.32 Å². The molecule has 0 aliphatic carbocycles. The second-order valence-electron chi connectivity index (χ2n) is 7.36. The molecule has 0 atom stereocenters. The number of carbonyl (C=O) groups excluding carboxylic acids is 1. The lowest BCUT2D eigenvalue weighted by Gasteiger charge is -2.23. The molecule has 0 radical (unpaired) electrons. The van der Waals surface area contributed by atoms with Crippen molar-refractivity contribution in [1.29, 1.82) is 0 Å². The molecule has 9 heteroatoms. The van der Waals surface area contributed by atoms with E-state index >= 15 is 0 Å². The van der Waals surface area contributed by atoms with Gasteiger partial charge in [0.05, 0.1) is 21.5 Å². The van der Waals surface area contributed by atoms with Crippen LogP contribution in [0, 0.1) is 13.8 Å². The van der Waals surface area contributed by atoms with E-state index in [1.807, 2.05) is 32.0 Å². The number of anilines is 1. The summed E-state index contributed by atoms with van der Waals surface area (Å²) in [6, 6.07) is 16.5. The molecule has 3 rings (SSSR count). The number of nitrogens with zero attached hydrogens (tertiary/aromatic N) is 1. The van der Waals surface area contributed by atoms with Gasteiger partial charge in [-0.25, -0.2) is 8.42 Å². The molecule has 5 nitrogen and oxygen atoms in total. The largest absolute Gasteiger partial charge is 0.325 e. The van der Waals surface area contributed by atoms with Crippen LogP contribution < -0.4 is 5.32 Å². The van der Waals surface area contributed by atoms with Crippen molar-refractivity contribution in [2.24, 2.45) is 0 Å². The topological polar surface area (TPSA) is 66.5 Å². The van der Waals surface area contributed by atoms with Crippen LogP contribution in [-0.2, 0) is 21.4 Å². The van der Waals surface area contributed by atoms with Crippen LogP contribution in [0.15, 0.2) is 65.6 Å². The SMILES string of the molecule is Cc1cc(C)cc(NC(=O)CN(Cc2ccccc2Cl)S(=O)(=O)c2ccc(Cl)c(Cl)c2)c1. The van der Waals surface area contributed by atoms with Crippen molar-refractivity contribution < 1.29 is 13.2 Å². The van der Waals surface area contributed by atoms with Gasteiger partial charge in [-0.1, -0.05) is 59.1 Å². The van der Waals surface area contributed by atoms with Gasteiger partial charge in [0, 0.05) is 17.3 Å². The van der Waals surface area contributed by atoms with Crippen molar-refractivity contribution in [3.05, 3.63) is 92.4 Å². The second-order valence-corrected chi connectivity index (χ2v) is 10.5. The number of carbonyl (C=O) groups is 1. The van der Waals surface area contributed by atoms with E-state index in [4.69, 9.17) is 34.8 Å². The third-order valence-corrected chi connectivity index (χ3v) is 7.55. The lowest BCUT2D eigenvalue weighted by Crippen LogP contribution is -2.37. The first-order chi connectivity index (χ1) is 15.1. The lowest BCUT2D eigenvalue weighted by molar-refractivity contribution is -0.116. The number of hydrogen-bond donors (Lipinski definition) is 1. The van der Waals surface area contributed by atoms with Crippen molar-refractivity contribution >= 4 is 56.4 Å². The first-order valence-electron chi connectivity index (χ1n) is 9.63. The Kier molecular flexibility index (Phi) is 7.85. The number of halogens is 3. The zero-order valence-corrected chi connectivity index (χ0v) is 20.5. The molecule has 1 amide bonds. The molecule has 0 aliphatic rings. The van der Waals surface area contributed by atoms with E-state index in [1.54, 1.807) is 24.3 Å². The molecule has 32 heavy (non-hydrogen) atoms. The molecule has 0 heterocycles. The highest BCUT2D eigenvalue weighted by Crippen LogP contribution is 2.28. The molecule has 0 saturated heterocycles. The Morgan fingerprint density at radius 2 is 1.53 bits per heavy atom. The fraction of sp³-hybridized carbons (Fsp3) is 0.174. The third-order valence-electron chi connectivity index (χ3n) is 4.66. The minimum Gasteiger partial charge on any atom is -0.325 e. The monoisotopic (exact) mass is 510 g/mol. The highest BCUT2D eigenvalue weighted by molar-refractivity contribution is 7.89. The summed E-state index contributed by atoms with van der Waals surface area (Å²) < 4.78 is 27.9. The average molecular weight is 512 g/mol. The summed E-state index contributed by atoms with van der Waals surface area (Å²) in [6.07, 6.45) is 0. The summed E-state index contributed by atoms with van der Waals surface area (Å²) >= 11 is 18.2. The predicted octanol–water partition coefficient (Wildman–Crippen LogP) is 6.09. The standard InChI is InChI=1S/C23H21Cl3N2O3S/c1-15-9-16(2)11-18(10-15)27-23(29)14-28(13-17-5-3-4-6-20(17)24)32(30,31)19-7-8-21(25)22(26)12-19/h3-12H,13-14H2,1-2H3,(H,27,29). The minimum absolute atomic E-state index is 0.0712. The van der Waals surface area contributed by atoms with Gasteiger partial charge in [-0.3, -0.25) is 4.79 Å². The Bertz CT molecular complexity index is 1240. The molecule has 1 N–H and O–H groups in total. The molecule has 0 aliphatic heterocycles. The Morgan fingerprint density at radius 1 is 0.875 bits per heavy atom. The Hall–Kier alpha value is -2.09. The Morgan fingerprint density at radius 3 is 2.16 bits per heavy atom. The maximum atomic E-state index is 13.4. The molecule has 0 unspecified atom stereocenters. The van der Waals surface area contributed by atoms with Crippen LogP contribution in [0.5, 0.6) is 0 Å². The molecule has 168 valence electrons. The van der Waals surface area contributed by atoms with Crippen molar-refractivity contribution in [2.75, 3.05) is 11.9 Å². The third kappa shape index (κ3) is 6.03. The fourth-order valence-electron chi connectivity index (χ4n) is 3.24. The van der Waals surface area contributed by atoms with Crippen molar-refractivity contribution in [2.45, 2.75) is 25.3 Å². The quantitative estimate of drug-likeness (QED) is 0.417. The molecule has 0 fully saturated rings. The summed E-state index contributed by atoms with van der Waals surface area (Å²) in [6.45, 7) is 3.32. The van der Waals surface area contributed by atoms with Crippen LogP contribution in [0.2, 0.25) is 15.1 Å². The van der Waals surface area contributed by atoms with Crippen LogP contribution in [-0.4, -0.2) is 25.2 Å². The molecule has 0 spiro atoms. The normalized spacial score (nSPS) is 11.6. The van der Waals surface area contributed by atoms with Crippen molar-refractivity contribution in [3.63, 3.8) is 0 Å². The second kappa shape index (κ2) is 10.2. The highest BCUT2D eigenvalue weighted by atomic mass is 35.5. The number of benzene rings is 3. The van der Waals surface area contributed by atoms with Gasteiger partial charge < -0.3 is 5.32 Å². The Labute approximate surface area is 203 Å². The smallest absolute Gasteiger partial charge is 0.243 e. The summed E-state index contributed by atoms with van der Waals surface area (Å²) in [4.78, 5) is 12.8. The molecule has 3 aromatic rings. The van der Waals surface area contributed by atoms with Crippen LogP contribution in [0.4, 0.5) is 5.69 Å². The minimum atomic E-state index is -4.09. The number of sulfonamides is 1. The number of amides is 1. The van der Waals surface area contributed by atoms with E-state index in [-0.39, 0.29) is 21.5 Å². The van der Waals surface area contributed by atoms with Gasteiger partial charge >= 0.3 is 0 Å². The first-order valence-corrected chi connectivity index (χ1v) is 12.2. The Balaban J connectivity index is 1.93. The van der Waals surface area contributed by atoms with Gasteiger partial charge in [0.25, 0.3) is 0 Å². The maximum Gasteiger partial charge on any atom is 0.243 e. The summed E-state index contributed by atoms with van der Waals surface area (Å²) in [7, 11) is -4.09.